The number of benzene rings is 1. The van der Waals surface area contributed by atoms with E-state index in [0.717, 1.165) is 52.1 Å². The van der Waals surface area contributed by atoms with Gasteiger partial charge in [0, 0.05) is 45.3 Å². The van der Waals surface area contributed by atoms with Crippen LogP contribution >= 0.6 is 0 Å². The lowest BCUT2D eigenvalue weighted by atomic mass is 10.3. The molecule has 0 spiro atoms. The fourth-order valence-electron chi connectivity index (χ4n) is 3.38. The van der Waals surface area contributed by atoms with Crippen LogP contribution in [0.25, 0.3) is 11.1 Å². The van der Waals surface area contributed by atoms with Gasteiger partial charge in [-0.25, -0.2) is 4.39 Å². The van der Waals surface area contributed by atoms with Gasteiger partial charge >= 0.3 is 0 Å². The van der Waals surface area contributed by atoms with Crippen molar-refractivity contribution in [2.24, 2.45) is 0 Å². The molecular formula is C17H21FN4O2. The van der Waals surface area contributed by atoms with Gasteiger partial charge in [0.1, 0.15) is 11.3 Å². The first kappa shape index (κ1) is 15.4. The van der Waals surface area contributed by atoms with Gasteiger partial charge in [0.05, 0.1) is 6.54 Å². The van der Waals surface area contributed by atoms with E-state index in [4.69, 9.17) is 4.42 Å². The number of hydrogen-bond acceptors (Lipinski definition) is 5. The summed E-state index contributed by atoms with van der Waals surface area (Å²) in [7, 11) is 0. The summed E-state index contributed by atoms with van der Waals surface area (Å²) in [6.45, 7) is 5.40. The number of rotatable bonds is 3. The van der Waals surface area contributed by atoms with Crippen LogP contribution in [0.3, 0.4) is 0 Å². The van der Waals surface area contributed by atoms with Crippen molar-refractivity contribution in [3.05, 3.63) is 24.0 Å². The Kier molecular flexibility index (Phi) is 4.10. The van der Waals surface area contributed by atoms with Gasteiger partial charge in [-0.3, -0.25) is 9.69 Å². The number of carbonyl (C=O) groups excluding carboxylic acids is 1. The Bertz CT molecular complexity index is 733. The predicted molar refractivity (Wildman–Crippen MR) is 88.4 cm³/mol. The van der Waals surface area contributed by atoms with E-state index in [0.29, 0.717) is 23.7 Å². The number of aromatic nitrogens is 1. The molecule has 7 heteroatoms. The Morgan fingerprint density at radius 3 is 2.62 bits per heavy atom. The van der Waals surface area contributed by atoms with Crippen molar-refractivity contribution >= 4 is 23.0 Å². The van der Waals surface area contributed by atoms with Crippen LogP contribution in [-0.4, -0.2) is 66.5 Å². The summed E-state index contributed by atoms with van der Waals surface area (Å²) in [5.41, 5.74) is 1.13. The van der Waals surface area contributed by atoms with E-state index >= 15 is 0 Å². The van der Waals surface area contributed by atoms with Crippen LogP contribution in [0.4, 0.5) is 10.4 Å². The lowest BCUT2D eigenvalue weighted by Gasteiger charge is -2.34. The van der Waals surface area contributed by atoms with Crippen LogP contribution in [0.2, 0.25) is 0 Å². The number of carbonyl (C=O) groups is 1. The van der Waals surface area contributed by atoms with E-state index in [1.807, 2.05) is 4.90 Å². The van der Waals surface area contributed by atoms with Crippen molar-refractivity contribution in [1.82, 2.24) is 14.8 Å². The van der Waals surface area contributed by atoms with Crippen molar-refractivity contribution in [1.29, 1.82) is 0 Å². The third-order valence-electron chi connectivity index (χ3n) is 4.80. The highest BCUT2D eigenvalue weighted by Crippen LogP contribution is 2.23. The van der Waals surface area contributed by atoms with Crippen LogP contribution in [0, 0.1) is 5.82 Å². The van der Waals surface area contributed by atoms with Crippen LogP contribution in [0.5, 0.6) is 0 Å². The molecule has 1 aromatic heterocycles. The molecule has 128 valence electrons. The fourth-order valence-corrected chi connectivity index (χ4v) is 3.38. The molecule has 6 nitrogen and oxygen atoms in total. The topological polar surface area (TPSA) is 52.8 Å². The number of amides is 1. The first-order valence-electron chi connectivity index (χ1n) is 8.50. The van der Waals surface area contributed by atoms with Gasteiger partial charge in [-0.2, -0.15) is 4.98 Å². The van der Waals surface area contributed by atoms with E-state index in [2.05, 4.69) is 14.8 Å². The number of nitrogens with zero attached hydrogens (tertiary/aromatic N) is 4. The highest BCUT2D eigenvalue weighted by Gasteiger charge is 2.25. The summed E-state index contributed by atoms with van der Waals surface area (Å²) in [4.78, 5) is 22.8. The van der Waals surface area contributed by atoms with Crippen LogP contribution in [0.1, 0.15) is 12.8 Å². The molecule has 0 radical (unpaired) electrons. The Morgan fingerprint density at radius 2 is 1.88 bits per heavy atom. The molecule has 2 aliphatic heterocycles. The van der Waals surface area contributed by atoms with E-state index < -0.39 is 0 Å². The zero-order valence-electron chi connectivity index (χ0n) is 13.6. The highest BCUT2D eigenvalue weighted by molar-refractivity contribution is 5.78. The van der Waals surface area contributed by atoms with Crippen molar-refractivity contribution in [3.8, 4) is 0 Å². The molecule has 24 heavy (non-hydrogen) atoms. The number of hydrogen-bond donors (Lipinski definition) is 0. The third kappa shape index (κ3) is 3.08. The Balaban J connectivity index is 1.35. The molecule has 2 aromatic rings. The van der Waals surface area contributed by atoms with Gasteiger partial charge in [-0.05, 0) is 25.0 Å². The summed E-state index contributed by atoms with van der Waals surface area (Å²) < 4.78 is 18.9. The SMILES string of the molecule is O=C(CN1CCN(c2nc3ccc(F)cc3o2)CC1)N1CCCC1. The summed E-state index contributed by atoms with van der Waals surface area (Å²) >= 11 is 0. The lowest BCUT2D eigenvalue weighted by Crippen LogP contribution is -2.50. The standard InChI is InChI=1S/C17H21FN4O2/c18-13-3-4-14-15(11-13)24-17(19-14)22-9-7-20(8-10-22)12-16(23)21-5-1-2-6-21/h3-4,11H,1-2,5-10,12H2. The molecule has 2 fully saturated rings. The minimum Gasteiger partial charge on any atom is -0.423 e. The predicted octanol–water partition coefficient (Wildman–Crippen LogP) is 1.71. The molecule has 0 bridgehead atoms. The minimum atomic E-state index is -0.324. The molecule has 2 saturated heterocycles. The number of likely N-dealkylation sites (tertiary alicyclic amines) is 1. The molecule has 4 rings (SSSR count). The lowest BCUT2D eigenvalue weighted by molar-refractivity contribution is -0.131. The smallest absolute Gasteiger partial charge is 0.298 e. The molecule has 2 aliphatic rings. The molecule has 1 aromatic carbocycles. The largest absolute Gasteiger partial charge is 0.423 e. The molecule has 0 unspecified atom stereocenters. The zero-order chi connectivity index (χ0) is 16.5. The minimum absolute atomic E-state index is 0.235. The third-order valence-corrected chi connectivity index (χ3v) is 4.80. The van der Waals surface area contributed by atoms with E-state index in [-0.39, 0.29) is 11.7 Å². The number of halogens is 1. The second-order valence-electron chi connectivity index (χ2n) is 6.46. The number of anilines is 1. The maximum atomic E-state index is 13.2. The average Bonchev–Trinajstić information content (AvgIpc) is 3.24. The molecule has 0 aliphatic carbocycles. The van der Waals surface area contributed by atoms with Crippen molar-refractivity contribution in [2.75, 3.05) is 50.7 Å². The van der Waals surface area contributed by atoms with Gasteiger partial charge in [-0.1, -0.05) is 0 Å². The summed E-state index contributed by atoms with van der Waals surface area (Å²) in [5.74, 6) is -0.0891. The Hall–Kier alpha value is -2.15. The van der Waals surface area contributed by atoms with Gasteiger partial charge in [-0.15, -0.1) is 0 Å². The Morgan fingerprint density at radius 1 is 1.12 bits per heavy atom. The number of oxazole rings is 1. The maximum Gasteiger partial charge on any atom is 0.298 e. The summed E-state index contributed by atoms with van der Waals surface area (Å²) in [6.07, 6.45) is 2.25. The summed E-state index contributed by atoms with van der Waals surface area (Å²) in [6, 6.07) is 4.90. The second kappa shape index (κ2) is 6.39. The van der Waals surface area contributed by atoms with Gasteiger partial charge in [0.15, 0.2) is 5.58 Å². The number of piperazine rings is 1. The molecule has 1 amide bonds. The van der Waals surface area contributed by atoms with Crippen LogP contribution in [0.15, 0.2) is 22.6 Å². The van der Waals surface area contributed by atoms with Crippen molar-refractivity contribution in [2.45, 2.75) is 12.8 Å². The second-order valence-corrected chi connectivity index (χ2v) is 6.46. The van der Waals surface area contributed by atoms with Crippen LogP contribution in [-0.2, 0) is 4.79 Å². The van der Waals surface area contributed by atoms with Crippen molar-refractivity contribution < 1.29 is 13.6 Å². The molecular weight excluding hydrogens is 311 g/mol. The molecule has 0 saturated carbocycles. The molecule has 0 atom stereocenters. The average molecular weight is 332 g/mol. The van der Waals surface area contributed by atoms with E-state index in [1.165, 1.54) is 12.1 Å². The Labute approximate surface area is 139 Å². The van der Waals surface area contributed by atoms with Crippen molar-refractivity contribution in [3.63, 3.8) is 0 Å². The maximum absolute atomic E-state index is 13.2. The van der Waals surface area contributed by atoms with E-state index in [1.54, 1.807) is 6.07 Å². The quantitative estimate of drug-likeness (QED) is 0.856. The number of fused-ring (bicyclic) bond motifs is 1. The van der Waals surface area contributed by atoms with E-state index in [9.17, 15) is 9.18 Å². The molecule has 0 N–H and O–H groups in total. The van der Waals surface area contributed by atoms with Gasteiger partial charge in [0.25, 0.3) is 6.01 Å². The van der Waals surface area contributed by atoms with Gasteiger partial charge in [0.2, 0.25) is 5.91 Å². The van der Waals surface area contributed by atoms with Gasteiger partial charge < -0.3 is 14.2 Å². The first-order valence-corrected chi connectivity index (χ1v) is 8.50. The van der Waals surface area contributed by atoms with Crippen LogP contribution < -0.4 is 4.90 Å². The molecule has 3 heterocycles. The monoisotopic (exact) mass is 332 g/mol. The first-order chi connectivity index (χ1) is 11.7. The summed E-state index contributed by atoms with van der Waals surface area (Å²) in [5, 5.41) is 0. The normalized spacial score (nSPS) is 19.4. The highest BCUT2D eigenvalue weighted by atomic mass is 19.1. The fraction of sp³-hybridized carbons (Fsp3) is 0.529. The zero-order valence-corrected chi connectivity index (χ0v) is 13.6.